The second-order valence-corrected chi connectivity index (χ2v) is 6.97. The van der Waals surface area contributed by atoms with Gasteiger partial charge in [0.15, 0.2) is 0 Å². The monoisotopic (exact) mass is 328 g/mol. The number of thiophene rings is 1. The number of carbonyl (C=O) groups is 2. The third-order valence-corrected chi connectivity index (χ3v) is 4.84. The fourth-order valence-electron chi connectivity index (χ4n) is 2.79. The van der Waals surface area contributed by atoms with E-state index in [1.807, 2.05) is 48.4 Å². The summed E-state index contributed by atoms with van der Waals surface area (Å²) in [6.07, 6.45) is 1.95. The van der Waals surface area contributed by atoms with E-state index in [1.165, 1.54) is 16.9 Å². The van der Waals surface area contributed by atoms with Gasteiger partial charge in [0.05, 0.1) is 4.88 Å². The van der Waals surface area contributed by atoms with Crippen molar-refractivity contribution in [2.75, 3.05) is 16.8 Å². The van der Waals surface area contributed by atoms with E-state index in [1.54, 1.807) is 6.07 Å². The fraction of sp³-hybridized carbons (Fsp3) is 0.333. The smallest absolute Gasteiger partial charge is 0.265 e. The van der Waals surface area contributed by atoms with Crippen molar-refractivity contribution in [1.29, 1.82) is 0 Å². The summed E-state index contributed by atoms with van der Waals surface area (Å²) < 4.78 is 0. The Morgan fingerprint density at radius 3 is 2.78 bits per heavy atom. The number of amides is 2. The molecule has 0 unspecified atom stereocenters. The summed E-state index contributed by atoms with van der Waals surface area (Å²) in [6, 6.07) is 9.50. The van der Waals surface area contributed by atoms with Crippen LogP contribution in [0.1, 0.15) is 35.5 Å². The third-order valence-electron chi connectivity index (χ3n) is 3.97. The highest BCUT2D eigenvalue weighted by molar-refractivity contribution is 7.12. The van der Waals surface area contributed by atoms with Crippen molar-refractivity contribution in [3.8, 4) is 0 Å². The summed E-state index contributed by atoms with van der Waals surface area (Å²) in [5, 5.41) is 4.80. The zero-order valence-corrected chi connectivity index (χ0v) is 14.2. The molecule has 2 amide bonds. The highest BCUT2D eigenvalue weighted by Crippen LogP contribution is 2.31. The van der Waals surface area contributed by atoms with Crippen LogP contribution in [0.3, 0.4) is 0 Å². The van der Waals surface area contributed by atoms with Gasteiger partial charge in [0.2, 0.25) is 5.91 Å². The number of anilines is 2. The molecular weight excluding hydrogens is 308 g/mol. The summed E-state index contributed by atoms with van der Waals surface area (Å²) in [6.45, 7) is 4.57. The molecule has 2 aromatic rings. The lowest BCUT2D eigenvalue weighted by atomic mass is 9.99. The number of aryl methyl sites for hydroxylation is 1. The number of carbonyl (C=O) groups excluding carboxylic acids is 2. The number of rotatable bonds is 3. The summed E-state index contributed by atoms with van der Waals surface area (Å²) in [5.74, 6) is -0.0181. The molecule has 5 heteroatoms. The molecule has 1 aromatic carbocycles. The summed E-state index contributed by atoms with van der Waals surface area (Å²) in [7, 11) is 0. The average molecular weight is 328 g/mol. The first kappa shape index (κ1) is 15.7. The maximum atomic E-state index is 12.4. The van der Waals surface area contributed by atoms with Crippen LogP contribution in [0.15, 0.2) is 35.7 Å². The molecule has 1 aromatic heterocycles. The SMILES string of the molecule is CC(C)C(=O)N1CCCc2ccc(NC(=O)c3cccs3)cc21. The summed E-state index contributed by atoms with van der Waals surface area (Å²) >= 11 is 1.41. The number of benzene rings is 1. The lowest BCUT2D eigenvalue weighted by Crippen LogP contribution is -2.38. The topological polar surface area (TPSA) is 49.4 Å². The summed E-state index contributed by atoms with van der Waals surface area (Å²) in [4.78, 5) is 27.1. The molecule has 3 rings (SSSR count). The van der Waals surface area contributed by atoms with Gasteiger partial charge >= 0.3 is 0 Å². The number of fused-ring (bicyclic) bond motifs is 1. The first-order chi connectivity index (χ1) is 11.1. The minimum atomic E-state index is -0.113. The van der Waals surface area contributed by atoms with Crippen molar-refractivity contribution < 1.29 is 9.59 Å². The first-order valence-electron chi connectivity index (χ1n) is 7.85. The van der Waals surface area contributed by atoms with Crippen LogP contribution in [-0.2, 0) is 11.2 Å². The Kier molecular flexibility index (Phi) is 4.48. The van der Waals surface area contributed by atoms with E-state index >= 15 is 0 Å². The Hall–Kier alpha value is -2.14. The van der Waals surface area contributed by atoms with Crippen molar-refractivity contribution in [3.63, 3.8) is 0 Å². The van der Waals surface area contributed by atoms with Crippen molar-refractivity contribution in [2.45, 2.75) is 26.7 Å². The van der Waals surface area contributed by atoms with Crippen LogP contribution in [0.2, 0.25) is 0 Å². The van der Waals surface area contributed by atoms with E-state index in [2.05, 4.69) is 5.32 Å². The first-order valence-corrected chi connectivity index (χ1v) is 8.73. The fourth-order valence-corrected chi connectivity index (χ4v) is 3.41. The standard InChI is InChI=1S/C18H20N2O2S/c1-12(2)18(22)20-9-3-5-13-7-8-14(11-15(13)20)19-17(21)16-6-4-10-23-16/h4,6-8,10-12H,3,5,9H2,1-2H3,(H,19,21). The van der Waals surface area contributed by atoms with Crippen LogP contribution in [0.4, 0.5) is 11.4 Å². The van der Waals surface area contributed by atoms with Crippen LogP contribution in [0.25, 0.3) is 0 Å². The zero-order chi connectivity index (χ0) is 16.4. The van der Waals surface area contributed by atoms with Crippen LogP contribution < -0.4 is 10.2 Å². The minimum absolute atomic E-state index is 0.0367. The van der Waals surface area contributed by atoms with E-state index in [9.17, 15) is 9.59 Å². The average Bonchev–Trinajstić information content (AvgIpc) is 3.08. The van der Waals surface area contributed by atoms with Gasteiger partial charge < -0.3 is 10.2 Å². The van der Waals surface area contributed by atoms with Gasteiger partial charge in [-0.05, 0) is 42.0 Å². The van der Waals surface area contributed by atoms with E-state index < -0.39 is 0 Å². The second kappa shape index (κ2) is 6.54. The van der Waals surface area contributed by atoms with Gasteiger partial charge in [0, 0.05) is 23.8 Å². The number of hydrogen-bond donors (Lipinski definition) is 1. The normalized spacial score (nSPS) is 13.8. The molecule has 0 bridgehead atoms. The molecular formula is C18H20N2O2S. The molecule has 0 spiro atoms. The molecule has 2 heterocycles. The highest BCUT2D eigenvalue weighted by atomic mass is 32.1. The molecule has 0 atom stereocenters. The molecule has 0 saturated heterocycles. The van der Waals surface area contributed by atoms with Crippen molar-refractivity contribution >= 4 is 34.5 Å². The van der Waals surface area contributed by atoms with Gasteiger partial charge in [-0.1, -0.05) is 26.0 Å². The molecule has 4 nitrogen and oxygen atoms in total. The van der Waals surface area contributed by atoms with Gasteiger partial charge in [-0.2, -0.15) is 0 Å². The van der Waals surface area contributed by atoms with Crippen molar-refractivity contribution in [3.05, 3.63) is 46.2 Å². The van der Waals surface area contributed by atoms with Crippen LogP contribution >= 0.6 is 11.3 Å². The molecule has 0 radical (unpaired) electrons. The van der Waals surface area contributed by atoms with E-state index in [4.69, 9.17) is 0 Å². The van der Waals surface area contributed by atoms with Crippen molar-refractivity contribution in [2.24, 2.45) is 5.92 Å². The lowest BCUT2D eigenvalue weighted by Gasteiger charge is -2.31. The van der Waals surface area contributed by atoms with Crippen molar-refractivity contribution in [1.82, 2.24) is 0 Å². The van der Waals surface area contributed by atoms with E-state index in [-0.39, 0.29) is 17.7 Å². The largest absolute Gasteiger partial charge is 0.321 e. The molecule has 1 aliphatic rings. The predicted octanol–water partition coefficient (Wildman–Crippen LogP) is 3.94. The van der Waals surface area contributed by atoms with Gasteiger partial charge in [-0.25, -0.2) is 0 Å². The molecule has 1 aliphatic heterocycles. The van der Waals surface area contributed by atoms with Gasteiger partial charge in [0.25, 0.3) is 5.91 Å². The minimum Gasteiger partial charge on any atom is -0.321 e. The molecule has 0 saturated carbocycles. The molecule has 120 valence electrons. The van der Waals surface area contributed by atoms with Crippen LogP contribution in [0, 0.1) is 5.92 Å². The lowest BCUT2D eigenvalue weighted by molar-refractivity contribution is -0.121. The molecule has 0 fully saturated rings. The Balaban J connectivity index is 1.86. The van der Waals surface area contributed by atoms with Gasteiger partial charge in [0.1, 0.15) is 0 Å². The maximum absolute atomic E-state index is 12.4. The molecule has 0 aliphatic carbocycles. The highest BCUT2D eigenvalue weighted by Gasteiger charge is 2.24. The van der Waals surface area contributed by atoms with Gasteiger partial charge in [-0.3, -0.25) is 9.59 Å². The van der Waals surface area contributed by atoms with Crippen LogP contribution in [0.5, 0.6) is 0 Å². The molecule has 1 N–H and O–H groups in total. The second-order valence-electron chi connectivity index (χ2n) is 6.02. The van der Waals surface area contributed by atoms with Gasteiger partial charge in [-0.15, -0.1) is 11.3 Å². The van der Waals surface area contributed by atoms with E-state index in [0.717, 1.165) is 30.8 Å². The number of hydrogen-bond acceptors (Lipinski definition) is 3. The predicted molar refractivity (Wildman–Crippen MR) is 94.2 cm³/mol. The van der Waals surface area contributed by atoms with E-state index in [0.29, 0.717) is 4.88 Å². The Morgan fingerprint density at radius 1 is 1.26 bits per heavy atom. The Labute approximate surface area is 140 Å². The number of nitrogens with zero attached hydrogens (tertiary/aromatic N) is 1. The maximum Gasteiger partial charge on any atom is 0.265 e. The Bertz CT molecular complexity index is 723. The molecule has 23 heavy (non-hydrogen) atoms. The zero-order valence-electron chi connectivity index (χ0n) is 13.3. The summed E-state index contributed by atoms with van der Waals surface area (Å²) in [5.41, 5.74) is 2.82. The Morgan fingerprint density at radius 2 is 2.09 bits per heavy atom. The number of nitrogens with one attached hydrogen (secondary N) is 1. The quantitative estimate of drug-likeness (QED) is 0.928. The third kappa shape index (κ3) is 3.29. The van der Waals surface area contributed by atoms with Crippen LogP contribution in [-0.4, -0.2) is 18.4 Å².